The number of aromatic nitrogens is 3. The van der Waals surface area contributed by atoms with Gasteiger partial charge in [-0.3, -0.25) is 9.59 Å². The maximum Gasteiger partial charge on any atom is 0.251 e. The van der Waals surface area contributed by atoms with E-state index in [2.05, 4.69) is 20.8 Å². The maximum atomic E-state index is 12.4. The van der Waals surface area contributed by atoms with Crippen molar-refractivity contribution in [2.75, 3.05) is 17.3 Å². The van der Waals surface area contributed by atoms with E-state index in [0.29, 0.717) is 16.5 Å². The number of carbonyl (C=O) groups excluding carboxylic acids is 2. The van der Waals surface area contributed by atoms with Crippen LogP contribution in [0.5, 0.6) is 0 Å². The molecule has 0 aliphatic rings. The highest BCUT2D eigenvalue weighted by molar-refractivity contribution is 7.99. The van der Waals surface area contributed by atoms with Crippen molar-refractivity contribution < 1.29 is 9.59 Å². The minimum absolute atomic E-state index is 0.117. The number of nitrogens with one attached hydrogen (secondary N) is 2. The van der Waals surface area contributed by atoms with Crippen LogP contribution in [0.2, 0.25) is 0 Å². The van der Waals surface area contributed by atoms with Gasteiger partial charge in [0.25, 0.3) is 5.91 Å². The van der Waals surface area contributed by atoms with Gasteiger partial charge in [0.05, 0.1) is 11.8 Å². The number of rotatable bonds is 8. The molecule has 0 unspecified atom stereocenters. The van der Waals surface area contributed by atoms with Crippen molar-refractivity contribution in [3.63, 3.8) is 0 Å². The fraction of sp³-hybridized carbons (Fsp3) is 0.238. The molecule has 0 bridgehead atoms. The van der Waals surface area contributed by atoms with E-state index in [1.54, 1.807) is 28.5 Å². The summed E-state index contributed by atoms with van der Waals surface area (Å²) in [5.41, 5.74) is 1.35. The third kappa shape index (κ3) is 5.64. The van der Waals surface area contributed by atoms with Gasteiger partial charge in [0.2, 0.25) is 5.91 Å². The predicted molar refractivity (Wildman–Crippen MR) is 121 cm³/mol. The minimum atomic E-state index is -0.326. The van der Waals surface area contributed by atoms with E-state index in [-0.39, 0.29) is 23.6 Å². The minimum Gasteiger partial charge on any atom is -0.342 e. The van der Waals surface area contributed by atoms with Gasteiger partial charge in [0, 0.05) is 23.2 Å². The Morgan fingerprint density at radius 2 is 1.87 bits per heavy atom. The van der Waals surface area contributed by atoms with Gasteiger partial charge in [0.15, 0.2) is 11.0 Å². The molecule has 2 N–H and O–H groups in total. The molecule has 7 nitrogen and oxygen atoms in total. The Morgan fingerprint density at radius 1 is 1.10 bits per heavy atom. The maximum absolute atomic E-state index is 12.4. The lowest BCUT2D eigenvalue weighted by Gasteiger charge is -2.13. The van der Waals surface area contributed by atoms with Gasteiger partial charge < -0.3 is 15.2 Å². The Hall–Kier alpha value is -2.78. The fourth-order valence-electron chi connectivity index (χ4n) is 2.79. The molecule has 9 heteroatoms. The molecule has 156 valence electrons. The van der Waals surface area contributed by atoms with Crippen LogP contribution in [0, 0.1) is 0 Å². The summed E-state index contributed by atoms with van der Waals surface area (Å²) in [6, 6.07) is 16.4. The Balaban J connectivity index is 1.56. The topological polar surface area (TPSA) is 88.9 Å². The van der Waals surface area contributed by atoms with Crippen molar-refractivity contribution in [1.29, 1.82) is 0 Å². The first-order chi connectivity index (χ1) is 14.5. The molecule has 1 atom stereocenters. The molecule has 3 aromatic rings. The summed E-state index contributed by atoms with van der Waals surface area (Å²) in [6.07, 6.45) is 1.99. The number of anilines is 1. The number of carbonyl (C=O) groups is 2. The van der Waals surface area contributed by atoms with E-state index in [9.17, 15) is 9.59 Å². The number of hydrogen-bond donors (Lipinski definition) is 2. The van der Waals surface area contributed by atoms with Crippen LogP contribution in [-0.2, 0) is 11.8 Å². The first-order valence-electron chi connectivity index (χ1n) is 9.30. The molecule has 0 aliphatic carbocycles. The molecule has 0 fully saturated rings. The van der Waals surface area contributed by atoms with E-state index in [0.717, 1.165) is 10.6 Å². The Kier molecular flexibility index (Phi) is 7.53. The zero-order chi connectivity index (χ0) is 21.5. The highest BCUT2D eigenvalue weighted by Crippen LogP contribution is 2.21. The average Bonchev–Trinajstić information content (AvgIpc) is 3.13. The summed E-state index contributed by atoms with van der Waals surface area (Å²) in [4.78, 5) is 25.7. The zero-order valence-corrected chi connectivity index (χ0v) is 18.6. The summed E-state index contributed by atoms with van der Waals surface area (Å²) in [7, 11) is 1.82. The van der Waals surface area contributed by atoms with Gasteiger partial charge in [-0.1, -0.05) is 36.0 Å². The Labute approximate surface area is 184 Å². The van der Waals surface area contributed by atoms with E-state index in [1.807, 2.05) is 62.7 Å². The smallest absolute Gasteiger partial charge is 0.251 e. The van der Waals surface area contributed by atoms with E-state index in [4.69, 9.17) is 0 Å². The summed E-state index contributed by atoms with van der Waals surface area (Å²) >= 11 is 2.92. The van der Waals surface area contributed by atoms with Crippen LogP contribution < -0.4 is 10.6 Å². The quantitative estimate of drug-likeness (QED) is 0.518. The molecular formula is C21H23N5O2S2. The Bertz CT molecular complexity index is 1020. The van der Waals surface area contributed by atoms with Crippen LogP contribution in [0.1, 0.15) is 29.1 Å². The first kappa shape index (κ1) is 21.9. The van der Waals surface area contributed by atoms with Gasteiger partial charge in [-0.05, 0) is 43.5 Å². The summed E-state index contributed by atoms with van der Waals surface area (Å²) in [5, 5.41) is 14.8. The van der Waals surface area contributed by atoms with E-state index < -0.39 is 0 Å². The third-order valence-corrected chi connectivity index (χ3v) is 6.07. The molecule has 2 aromatic carbocycles. The molecular weight excluding hydrogens is 418 g/mol. The van der Waals surface area contributed by atoms with Crippen molar-refractivity contribution in [3.8, 4) is 0 Å². The molecule has 1 aromatic heterocycles. The second-order valence-electron chi connectivity index (χ2n) is 6.53. The van der Waals surface area contributed by atoms with Crippen LogP contribution in [0.3, 0.4) is 0 Å². The van der Waals surface area contributed by atoms with Crippen LogP contribution in [0.4, 0.5) is 5.69 Å². The monoisotopic (exact) mass is 441 g/mol. The predicted octanol–water partition coefficient (Wildman–Crippen LogP) is 3.76. The average molecular weight is 442 g/mol. The number of amides is 2. The molecule has 0 radical (unpaired) electrons. The molecule has 1 heterocycles. The zero-order valence-electron chi connectivity index (χ0n) is 17.0. The number of thioether (sulfide) groups is 2. The Morgan fingerprint density at radius 3 is 2.60 bits per heavy atom. The molecule has 30 heavy (non-hydrogen) atoms. The summed E-state index contributed by atoms with van der Waals surface area (Å²) in [5.74, 6) is 0.537. The van der Waals surface area contributed by atoms with Crippen LogP contribution in [0.15, 0.2) is 64.6 Å². The van der Waals surface area contributed by atoms with Gasteiger partial charge in [0.1, 0.15) is 0 Å². The van der Waals surface area contributed by atoms with Crippen molar-refractivity contribution in [3.05, 3.63) is 66.0 Å². The number of hydrogen-bond acceptors (Lipinski definition) is 6. The lowest BCUT2D eigenvalue weighted by molar-refractivity contribution is -0.113. The summed E-state index contributed by atoms with van der Waals surface area (Å²) < 4.78 is 1.79. The summed E-state index contributed by atoms with van der Waals surface area (Å²) in [6.45, 7) is 1.85. The van der Waals surface area contributed by atoms with E-state index in [1.165, 1.54) is 11.8 Å². The first-order valence-corrected chi connectivity index (χ1v) is 11.5. The lowest BCUT2D eigenvalue weighted by atomic mass is 10.2. The van der Waals surface area contributed by atoms with Gasteiger partial charge in [-0.2, -0.15) is 0 Å². The van der Waals surface area contributed by atoms with Crippen LogP contribution >= 0.6 is 23.5 Å². The fourth-order valence-corrected chi connectivity index (χ4v) is 3.97. The van der Waals surface area contributed by atoms with Crippen LogP contribution in [0.25, 0.3) is 0 Å². The normalized spacial score (nSPS) is 11.7. The number of nitrogens with zero attached hydrogens (tertiary/aromatic N) is 3. The molecule has 0 saturated heterocycles. The van der Waals surface area contributed by atoms with Crippen molar-refractivity contribution >= 4 is 41.0 Å². The van der Waals surface area contributed by atoms with Gasteiger partial charge in [-0.25, -0.2) is 0 Å². The van der Waals surface area contributed by atoms with Crippen LogP contribution in [-0.4, -0.2) is 38.6 Å². The van der Waals surface area contributed by atoms with Crippen molar-refractivity contribution in [2.45, 2.75) is 23.0 Å². The van der Waals surface area contributed by atoms with Crippen molar-refractivity contribution in [2.24, 2.45) is 7.05 Å². The second-order valence-corrected chi connectivity index (χ2v) is 8.35. The molecule has 3 rings (SSSR count). The van der Waals surface area contributed by atoms with Gasteiger partial charge >= 0.3 is 0 Å². The lowest BCUT2D eigenvalue weighted by Crippen LogP contribution is -2.28. The molecule has 0 saturated carbocycles. The number of benzene rings is 2. The SMILES string of the molecule is CSc1cccc(NC(=O)CSc2nnc([C@@H](C)NC(=O)c3ccccc3)n2C)c1. The van der Waals surface area contributed by atoms with E-state index >= 15 is 0 Å². The standard InChI is InChI=1S/C21H23N5O2S2/c1-14(22-20(28)15-8-5-4-6-9-15)19-24-25-21(26(19)2)30-13-18(27)23-16-10-7-11-17(12-16)29-3/h4-12,14H,13H2,1-3H3,(H,22,28)(H,23,27)/t14-/m1/s1. The highest BCUT2D eigenvalue weighted by Gasteiger charge is 2.19. The van der Waals surface area contributed by atoms with Crippen molar-refractivity contribution in [1.82, 2.24) is 20.1 Å². The molecule has 0 spiro atoms. The molecule has 0 aliphatic heterocycles. The second kappa shape index (κ2) is 10.3. The largest absolute Gasteiger partial charge is 0.342 e. The van der Waals surface area contributed by atoms with Gasteiger partial charge in [-0.15, -0.1) is 22.0 Å². The highest BCUT2D eigenvalue weighted by atomic mass is 32.2. The molecule has 2 amide bonds. The third-order valence-electron chi connectivity index (χ3n) is 4.33.